The molecule has 2 aliphatic heterocycles. The Morgan fingerprint density at radius 1 is 1.40 bits per heavy atom. The Balaban J connectivity index is 1.77. The van der Waals surface area contributed by atoms with Crippen molar-refractivity contribution >= 4 is 5.91 Å². The molecule has 0 aliphatic carbocycles. The summed E-state index contributed by atoms with van der Waals surface area (Å²) < 4.78 is 13.7. The molecule has 0 bridgehead atoms. The van der Waals surface area contributed by atoms with Crippen LogP contribution in [0.2, 0.25) is 0 Å². The third-order valence-corrected chi connectivity index (χ3v) is 4.47. The lowest BCUT2D eigenvalue weighted by molar-refractivity contribution is 0.0425. The molecule has 3 rings (SSSR count). The van der Waals surface area contributed by atoms with Crippen LogP contribution in [0.5, 0.6) is 0 Å². The summed E-state index contributed by atoms with van der Waals surface area (Å²) in [6, 6.07) is 2.80. The zero-order valence-electron chi connectivity index (χ0n) is 11.6. The van der Waals surface area contributed by atoms with Crippen LogP contribution in [0, 0.1) is 11.2 Å². The lowest BCUT2D eigenvalue weighted by atomic mass is 9.74. The van der Waals surface area contributed by atoms with E-state index in [0.717, 1.165) is 45.3 Å². The molecule has 20 heavy (non-hydrogen) atoms. The molecule has 0 aromatic carbocycles. The van der Waals surface area contributed by atoms with Gasteiger partial charge in [-0.25, -0.2) is 9.37 Å². The second kappa shape index (κ2) is 5.48. The molecule has 2 fully saturated rings. The Labute approximate surface area is 118 Å². The van der Waals surface area contributed by atoms with Crippen LogP contribution in [0.1, 0.15) is 36.2 Å². The molecule has 0 radical (unpaired) electrons. The van der Waals surface area contributed by atoms with E-state index in [2.05, 4.69) is 10.3 Å². The number of amides is 1. The van der Waals surface area contributed by atoms with Crippen LogP contribution < -0.4 is 5.32 Å². The smallest absolute Gasteiger partial charge is 0.275 e. The summed E-state index contributed by atoms with van der Waals surface area (Å²) in [5.74, 6) is -0.799. The van der Waals surface area contributed by atoms with E-state index in [9.17, 15) is 9.18 Å². The minimum absolute atomic E-state index is 0.0479. The van der Waals surface area contributed by atoms with Gasteiger partial charge in [0.05, 0.1) is 0 Å². The molecule has 2 saturated heterocycles. The van der Waals surface area contributed by atoms with Crippen LogP contribution in [0.25, 0.3) is 0 Å². The van der Waals surface area contributed by atoms with Crippen molar-refractivity contribution in [2.75, 3.05) is 26.2 Å². The molecule has 1 aromatic rings. The van der Waals surface area contributed by atoms with Gasteiger partial charge in [-0.2, -0.15) is 0 Å². The lowest BCUT2D eigenvalue weighted by Crippen LogP contribution is -2.52. The van der Waals surface area contributed by atoms with Crippen LogP contribution in [0.3, 0.4) is 0 Å². The highest BCUT2D eigenvalue weighted by Gasteiger charge is 2.38. The lowest BCUT2D eigenvalue weighted by Gasteiger charge is -2.45. The minimum atomic E-state index is -0.529. The van der Waals surface area contributed by atoms with E-state index in [4.69, 9.17) is 0 Å². The van der Waals surface area contributed by atoms with Crippen molar-refractivity contribution < 1.29 is 9.18 Å². The summed E-state index contributed by atoms with van der Waals surface area (Å²) in [6.07, 6.45) is 5.91. The SMILES string of the molecule is O=C(c1ncccc1F)N1CCCC2(CCCNC2)C1. The average Bonchev–Trinajstić information content (AvgIpc) is 2.48. The number of carbonyl (C=O) groups is 1. The largest absolute Gasteiger partial charge is 0.337 e. The van der Waals surface area contributed by atoms with Gasteiger partial charge in [-0.15, -0.1) is 0 Å². The average molecular weight is 277 g/mol. The molecule has 1 unspecified atom stereocenters. The van der Waals surface area contributed by atoms with Crippen LogP contribution in [0.15, 0.2) is 18.3 Å². The monoisotopic (exact) mass is 277 g/mol. The first kappa shape index (κ1) is 13.5. The summed E-state index contributed by atoms with van der Waals surface area (Å²) in [5, 5.41) is 3.43. The number of hydrogen-bond donors (Lipinski definition) is 1. The molecule has 2 aliphatic rings. The van der Waals surface area contributed by atoms with Gasteiger partial charge in [0, 0.05) is 31.2 Å². The van der Waals surface area contributed by atoms with E-state index in [1.165, 1.54) is 18.3 Å². The number of aromatic nitrogens is 1. The first-order chi connectivity index (χ1) is 9.70. The van der Waals surface area contributed by atoms with Crippen molar-refractivity contribution in [3.05, 3.63) is 29.8 Å². The van der Waals surface area contributed by atoms with Crippen molar-refractivity contribution in [2.24, 2.45) is 5.41 Å². The van der Waals surface area contributed by atoms with E-state index in [1.54, 1.807) is 4.90 Å². The van der Waals surface area contributed by atoms with Gasteiger partial charge in [0.25, 0.3) is 5.91 Å². The van der Waals surface area contributed by atoms with Crippen LogP contribution in [-0.2, 0) is 0 Å². The van der Waals surface area contributed by atoms with Crippen LogP contribution in [-0.4, -0.2) is 42.0 Å². The van der Waals surface area contributed by atoms with E-state index in [-0.39, 0.29) is 17.0 Å². The number of hydrogen-bond acceptors (Lipinski definition) is 3. The molecular weight excluding hydrogens is 257 g/mol. The number of nitrogens with one attached hydrogen (secondary N) is 1. The van der Waals surface area contributed by atoms with Crippen molar-refractivity contribution in [3.63, 3.8) is 0 Å². The Hall–Kier alpha value is -1.49. The first-order valence-corrected chi connectivity index (χ1v) is 7.31. The number of piperidine rings is 2. The topological polar surface area (TPSA) is 45.2 Å². The first-order valence-electron chi connectivity index (χ1n) is 7.31. The Morgan fingerprint density at radius 2 is 2.25 bits per heavy atom. The summed E-state index contributed by atoms with van der Waals surface area (Å²) in [5.41, 5.74) is 0.130. The van der Waals surface area contributed by atoms with Crippen molar-refractivity contribution in [2.45, 2.75) is 25.7 Å². The van der Waals surface area contributed by atoms with Crippen molar-refractivity contribution in [3.8, 4) is 0 Å². The van der Waals surface area contributed by atoms with Gasteiger partial charge < -0.3 is 10.2 Å². The van der Waals surface area contributed by atoms with E-state index in [1.807, 2.05) is 0 Å². The number of halogens is 1. The highest BCUT2D eigenvalue weighted by molar-refractivity contribution is 5.92. The Kier molecular flexibility index (Phi) is 3.70. The molecule has 108 valence electrons. The fourth-order valence-electron chi connectivity index (χ4n) is 3.45. The van der Waals surface area contributed by atoms with Gasteiger partial charge in [0.15, 0.2) is 11.5 Å². The fraction of sp³-hybridized carbons (Fsp3) is 0.600. The molecular formula is C15H20FN3O. The third kappa shape index (κ3) is 2.54. The molecule has 1 amide bonds. The molecule has 0 saturated carbocycles. The standard InChI is InChI=1S/C15H20FN3O/c16-12-4-1-8-18-13(12)14(20)19-9-3-6-15(11-19)5-2-7-17-10-15/h1,4,8,17H,2-3,5-7,9-11H2. The maximum Gasteiger partial charge on any atom is 0.275 e. The zero-order valence-corrected chi connectivity index (χ0v) is 11.6. The quantitative estimate of drug-likeness (QED) is 0.851. The molecule has 4 nitrogen and oxygen atoms in total. The molecule has 5 heteroatoms. The molecule has 1 N–H and O–H groups in total. The van der Waals surface area contributed by atoms with Gasteiger partial charge in [0.2, 0.25) is 0 Å². The van der Waals surface area contributed by atoms with E-state index >= 15 is 0 Å². The second-order valence-corrected chi connectivity index (χ2v) is 5.94. The van der Waals surface area contributed by atoms with Crippen LogP contribution in [0.4, 0.5) is 4.39 Å². The molecule has 1 atom stereocenters. The predicted octanol–water partition coefficient (Wildman–Crippen LogP) is 1.83. The van der Waals surface area contributed by atoms with Gasteiger partial charge in [-0.1, -0.05) is 0 Å². The number of nitrogens with zero attached hydrogens (tertiary/aromatic N) is 2. The number of carbonyl (C=O) groups excluding carboxylic acids is 1. The third-order valence-electron chi connectivity index (χ3n) is 4.47. The molecule has 1 spiro atoms. The second-order valence-electron chi connectivity index (χ2n) is 5.94. The summed E-state index contributed by atoms with van der Waals surface area (Å²) in [7, 11) is 0. The summed E-state index contributed by atoms with van der Waals surface area (Å²) in [6.45, 7) is 3.44. The predicted molar refractivity (Wildman–Crippen MR) is 73.9 cm³/mol. The molecule has 3 heterocycles. The highest BCUT2D eigenvalue weighted by atomic mass is 19.1. The fourth-order valence-corrected chi connectivity index (χ4v) is 3.45. The van der Waals surface area contributed by atoms with Crippen LogP contribution >= 0.6 is 0 Å². The zero-order chi connectivity index (χ0) is 14.0. The number of rotatable bonds is 1. The maximum absolute atomic E-state index is 13.7. The summed E-state index contributed by atoms with van der Waals surface area (Å²) in [4.78, 5) is 18.1. The Bertz CT molecular complexity index is 494. The van der Waals surface area contributed by atoms with Gasteiger partial charge in [-0.05, 0) is 44.4 Å². The highest BCUT2D eigenvalue weighted by Crippen LogP contribution is 2.36. The summed E-state index contributed by atoms with van der Waals surface area (Å²) >= 11 is 0. The number of pyridine rings is 1. The van der Waals surface area contributed by atoms with E-state index in [0.29, 0.717) is 6.54 Å². The molecule has 1 aromatic heterocycles. The maximum atomic E-state index is 13.7. The minimum Gasteiger partial charge on any atom is -0.337 e. The van der Waals surface area contributed by atoms with Gasteiger partial charge >= 0.3 is 0 Å². The van der Waals surface area contributed by atoms with E-state index < -0.39 is 5.82 Å². The van der Waals surface area contributed by atoms with Gasteiger partial charge in [0.1, 0.15) is 0 Å². The normalized spacial score (nSPS) is 26.8. The number of likely N-dealkylation sites (tertiary alicyclic amines) is 1. The van der Waals surface area contributed by atoms with Crippen molar-refractivity contribution in [1.29, 1.82) is 0 Å². The van der Waals surface area contributed by atoms with Gasteiger partial charge in [-0.3, -0.25) is 4.79 Å². The van der Waals surface area contributed by atoms with Crippen molar-refractivity contribution in [1.82, 2.24) is 15.2 Å². The Morgan fingerprint density at radius 3 is 3.00 bits per heavy atom.